The molecule has 4 nitrogen and oxygen atoms in total. The first kappa shape index (κ1) is 19.4. The van der Waals surface area contributed by atoms with Crippen LogP contribution in [0.4, 0.5) is 13.2 Å². The number of carbonyl (C=O) groups excluding carboxylic acids is 1. The molecule has 1 atom stereocenters. The topological polar surface area (TPSA) is 50.7 Å². The van der Waals surface area contributed by atoms with E-state index >= 15 is 0 Å². The Morgan fingerprint density at radius 3 is 2.46 bits per heavy atom. The van der Waals surface area contributed by atoms with Crippen molar-refractivity contribution in [1.29, 1.82) is 0 Å². The summed E-state index contributed by atoms with van der Waals surface area (Å²) in [6.07, 6.45) is -4.42. The van der Waals surface area contributed by atoms with Gasteiger partial charge in [-0.3, -0.25) is 4.79 Å². The van der Waals surface area contributed by atoms with E-state index in [9.17, 15) is 18.0 Å². The molecule has 0 aliphatic rings. The molecule has 3 rings (SSSR count). The molecule has 0 aliphatic carbocycles. The zero-order chi connectivity index (χ0) is 20.1. The molecule has 1 amide bonds. The molecule has 144 valence electrons. The molecule has 0 unspecified atom stereocenters. The van der Waals surface area contributed by atoms with Crippen LogP contribution in [0.1, 0.15) is 18.1 Å². The Balaban J connectivity index is 1.64. The monoisotopic (exact) mass is 386 g/mol. The third-order valence-corrected chi connectivity index (χ3v) is 4.05. The predicted octanol–water partition coefficient (Wildman–Crippen LogP) is 4.78. The Morgan fingerprint density at radius 2 is 1.71 bits per heavy atom. The summed E-state index contributed by atoms with van der Waals surface area (Å²) in [5.41, 5.74) is 1.24. The van der Waals surface area contributed by atoms with Gasteiger partial charge in [-0.1, -0.05) is 48.5 Å². The molecule has 0 radical (unpaired) electrons. The number of carbonyl (C=O) groups is 1. The van der Waals surface area contributed by atoms with Gasteiger partial charge in [-0.2, -0.15) is 18.3 Å². The van der Waals surface area contributed by atoms with Gasteiger partial charge in [0.1, 0.15) is 5.75 Å². The zero-order valence-corrected chi connectivity index (χ0v) is 14.9. The molecule has 3 aromatic carbocycles. The fourth-order valence-corrected chi connectivity index (χ4v) is 2.62. The van der Waals surface area contributed by atoms with Crippen molar-refractivity contribution in [2.75, 3.05) is 0 Å². The summed E-state index contributed by atoms with van der Waals surface area (Å²) in [5, 5.41) is 5.63. The highest BCUT2D eigenvalue weighted by atomic mass is 19.4. The second-order valence-electron chi connectivity index (χ2n) is 6.09. The molecule has 7 heteroatoms. The summed E-state index contributed by atoms with van der Waals surface area (Å²) in [7, 11) is 0. The highest BCUT2D eigenvalue weighted by Gasteiger charge is 2.32. The van der Waals surface area contributed by atoms with Gasteiger partial charge in [0.25, 0.3) is 5.91 Å². The number of rotatable bonds is 5. The summed E-state index contributed by atoms with van der Waals surface area (Å²) in [5.74, 6) is -0.0679. The van der Waals surface area contributed by atoms with Crippen LogP contribution in [0, 0.1) is 0 Å². The number of ether oxygens (including phenoxy) is 1. The van der Waals surface area contributed by atoms with Gasteiger partial charge in [-0.25, -0.2) is 5.43 Å². The van der Waals surface area contributed by atoms with E-state index in [1.165, 1.54) is 25.1 Å². The lowest BCUT2D eigenvalue weighted by molar-refractivity contribution is -0.137. The van der Waals surface area contributed by atoms with Crippen LogP contribution in [0.3, 0.4) is 0 Å². The third-order valence-electron chi connectivity index (χ3n) is 4.05. The summed E-state index contributed by atoms with van der Waals surface area (Å²) >= 11 is 0. The quantitative estimate of drug-likeness (QED) is 0.507. The number of alkyl halides is 3. The molecule has 1 N–H and O–H groups in total. The van der Waals surface area contributed by atoms with Gasteiger partial charge in [-0.15, -0.1) is 0 Å². The molecule has 0 aromatic heterocycles. The number of nitrogens with zero attached hydrogens (tertiary/aromatic N) is 1. The Bertz CT molecular complexity index is 1020. The third kappa shape index (κ3) is 4.68. The average Bonchev–Trinajstić information content (AvgIpc) is 2.67. The molecule has 0 fully saturated rings. The SMILES string of the molecule is C[C@@H](Oc1ccc2ccccc2c1)C(=O)NN=Cc1ccccc1C(F)(F)F. The van der Waals surface area contributed by atoms with E-state index in [1.54, 1.807) is 6.07 Å². The largest absolute Gasteiger partial charge is 0.481 e. The molecular formula is C21H17F3N2O2. The van der Waals surface area contributed by atoms with E-state index in [1.807, 2.05) is 36.4 Å². The van der Waals surface area contributed by atoms with Gasteiger partial charge in [0.2, 0.25) is 0 Å². The molecule has 0 spiro atoms. The lowest BCUT2D eigenvalue weighted by Crippen LogP contribution is -2.33. The molecule has 0 aliphatic heterocycles. The van der Waals surface area contributed by atoms with Gasteiger partial charge in [0, 0.05) is 5.56 Å². The summed E-state index contributed by atoms with van der Waals surface area (Å²) in [4.78, 5) is 12.1. The minimum absolute atomic E-state index is 0.140. The Labute approximate surface area is 159 Å². The minimum atomic E-state index is -4.50. The summed E-state index contributed by atoms with van der Waals surface area (Å²) in [6, 6.07) is 18.1. The summed E-state index contributed by atoms with van der Waals surface area (Å²) < 4.78 is 44.4. The van der Waals surface area contributed by atoms with Crippen LogP contribution in [0.2, 0.25) is 0 Å². The summed E-state index contributed by atoms with van der Waals surface area (Å²) in [6.45, 7) is 1.53. The van der Waals surface area contributed by atoms with Crippen LogP contribution < -0.4 is 10.2 Å². The number of benzene rings is 3. The van der Waals surface area contributed by atoms with E-state index in [0.717, 1.165) is 23.1 Å². The van der Waals surface area contributed by atoms with E-state index < -0.39 is 23.8 Å². The molecule has 0 bridgehead atoms. The first-order valence-corrected chi connectivity index (χ1v) is 8.49. The van der Waals surface area contributed by atoms with Gasteiger partial charge >= 0.3 is 6.18 Å². The molecule has 0 saturated heterocycles. The van der Waals surface area contributed by atoms with Crippen LogP contribution in [0.15, 0.2) is 71.8 Å². The fourth-order valence-electron chi connectivity index (χ4n) is 2.62. The predicted molar refractivity (Wildman–Crippen MR) is 101 cm³/mol. The molecule has 28 heavy (non-hydrogen) atoms. The standard InChI is InChI=1S/C21H17F3N2O2/c1-14(28-18-11-10-15-6-2-3-7-16(15)12-18)20(27)26-25-13-17-8-4-5-9-19(17)21(22,23)24/h2-14H,1H3,(H,26,27)/t14-/m1/s1. The molecule has 3 aromatic rings. The van der Waals surface area contributed by atoms with E-state index in [2.05, 4.69) is 10.5 Å². The maximum Gasteiger partial charge on any atom is 0.417 e. The van der Waals surface area contributed by atoms with E-state index in [0.29, 0.717) is 5.75 Å². The van der Waals surface area contributed by atoms with Crippen molar-refractivity contribution in [3.8, 4) is 5.75 Å². The van der Waals surface area contributed by atoms with Crippen molar-refractivity contribution in [2.45, 2.75) is 19.2 Å². The first-order valence-electron chi connectivity index (χ1n) is 8.49. The Morgan fingerprint density at radius 1 is 1.04 bits per heavy atom. The minimum Gasteiger partial charge on any atom is -0.481 e. The highest BCUT2D eigenvalue weighted by molar-refractivity contribution is 5.86. The first-order chi connectivity index (χ1) is 13.3. The molecule has 0 heterocycles. The number of hydrazone groups is 1. The smallest absolute Gasteiger partial charge is 0.417 e. The van der Waals surface area contributed by atoms with Crippen molar-refractivity contribution in [3.63, 3.8) is 0 Å². The van der Waals surface area contributed by atoms with Crippen LogP contribution in [-0.2, 0) is 11.0 Å². The second kappa shape index (κ2) is 8.12. The normalized spacial score (nSPS) is 12.9. The number of hydrogen-bond donors (Lipinski definition) is 1. The van der Waals surface area contributed by atoms with Gasteiger partial charge in [-0.05, 0) is 35.9 Å². The lowest BCUT2D eigenvalue weighted by atomic mass is 10.1. The van der Waals surface area contributed by atoms with E-state index in [-0.39, 0.29) is 5.56 Å². The number of fused-ring (bicyclic) bond motifs is 1. The van der Waals surface area contributed by atoms with Crippen molar-refractivity contribution < 1.29 is 22.7 Å². The Hall–Kier alpha value is -3.35. The van der Waals surface area contributed by atoms with Crippen LogP contribution in [0.5, 0.6) is 5.75 Å². The van der Waals surface area contributed by atoms with Gasteiger partial charge in [0.05, 0.1) is 11.8 Å². The number of halogens is 3. The average molecular weight is 386 g/mol. The Kier molecular flexibility index (Phi) is 5.63. The van der Waals surface area contributed by atoms with Crippen molar-refractivity contribution in [2.24, 2.45) is 5.10 Å². The maximum absolute atomic E-state index is 12.9. The number of hydrogen-bond acceptors (Lipinski definition) is 3. The number of amides is 1. The van der Waals surface area contributed by atoms with Crippen molar-refractivity contribution in [3.05, 3.63) is 77.9 Å². The second-order valence-corrected chi connectivity index (χ2v) is 6.09. The maximum atomic E-state index is 12.9. The molecular weight excluding hydrogens is 369 g/mol. The van der Waals surface area contributed by atoms with Crippen molar-refractivity contribution in [1.82, 2.24) is 5.43 Å². The van der Waals surface area contributed by atoms with Crippen LogP contribution >= 0.6 is 0 Å². The van der Waals surface area contributed by atoms with Crippen LogP contribution in [-0.4, -0.2) is 18.2 Å². The van der Waals surface area contributed by atoms with E-state index in [4.69, 9.17) is 4.74 Å². The van der Waals surface area contributed by atoms with Crippen molar-refractivity contribution >= 4 is 22.9 Å². The zero-order valence-electron chi connectivity index (χ0n) is 14.9. The lowest BCUT2D eigenvalue weighted by Gasteiger charge is -2.13. The van der Waals surface area contributed by atoms with Gasteiger partial charge in [0.15, 0.2) is 6.10 Å². The van der Waals surface area contributed by atoms with Crippen LogP contribution in [0.25, 0.3) is 10.8 Å². The fraction of sp³-hybridized carbons (Fsp3) is 0.143. The molecule has 0 saturated carbocycles. The number of nitrogens with one attached hydrogen (secondary N) is 1. The van der Waals surface area contributed by atoms with Gasteiger partial charge < -0.3 is 4.74 Å². The highest BCUT2D eigenvalue weighted by Crippen LogP contribution is 2.31.